The molecule has 0 aliphatic heterocycles. The second-order valence-corrected chi connectivity index (χ2v) is 6.62. The zero-order valence-electron chi connectivity index (χ0n) is 15.2. The van der Waals surface area contributed by atoms with Gasteiger partial charge in [0.15, 0.2) is 0 Å². The number of nitriles is 1. The quantitative estimate of drug-likeness (QED) is 0.505. The summed E-state index contributed by atoms with van der Waals surface area (Å²) in [4.78, 5) is 14.1. The van der Waals surface area contributed by atoms with E-state index in [4.69, 9.17) is 18.8 Å². The topological polar surface area (TPSA) is 105 Å². The summed E-state index contributed by atoms with van der Waals surface area (Å²) in [5.41, 5.74) is 0.764. The molecule has 0 atom stereocenters. The lowest BCUT2D eigenvalue weighted by molar-refractivity contribution is -0.129. The van der Waals surface area contributed by atoms with Gasteiger partial charge in [0.1, 0.15) is 11.5 Å². The van der Waals surface area contributed by atoms with Gasteiger partial charge in [-0.15, -0.1) is 10.2 Å². The molecular formula is C19H18N4O4S. The number of furan rings is 1. The number of amides is 1. The van der Waals surface area contributed by atoms with Gasteiger partial charge in [-0.05, 0) is 36.4 Å². The predicted octanol–water partition coefficient (Wildman–Crippen LogP) is 3.37. The summed E-state index contributed by atoms with van der Waals surface area (Å²) in [5, 5.41) is 17.1. The molecule has 2 aromatic heterocycles. The Kier molecular flexibility index (Phi) is 6.70. The van der Waals surface area contributed by atoms with Crippen molar-refractivity contribution in [2.24, 2.45) is 0 Å². The molecule has 3 aromatic rings. The average molecular weight is 398 g/mol. The van der Waals surface area contributed by atoms with Crippen molar-refractivity contribution in [3.05, 3.63) is 48.4 Å². The number of aromatic nitrogens is 2. The molecule has 0 unspecified atom stereocenters. The standard InChI is InChI=1S/C19H18N4O4S/c1-25-15-7-5-14(6-8-15)18-21-22-19(27-18)28-13-17(24)23(10-3-9-20)12-16-4-2-11-26-16/h2,4-8,11H,3,10,12-13H2,1H3. The van der Waals surface area contributed by atoms with Crippen molar-refractivity contribution in [1.82, 2.24) is 15.1 Å². The number of thioether (sulfide) groups is 1. The summed E-state index contributed by atoms with van der Waals surface area (Å²) in [6.07, 6.45) is 1.80. The maximum atomic E-state index is 12.5. The number of methoxy groups -OCH3 is 1. The fraction of sp³-hybridized carbons (Fsp3) is 0.263. The summed E-state index contributed by atoms with van der Waals surface area (Å²) >= 11 is 1.16. The molecule has 0 saturated heterocycles. The molecule has 1 amide bonds. The molecule has 0 saturated carbocycles. The maximum Gasteiger partial charge on any atom is 0.277 e. The monoisotopic (exact) mass is 398 g/mol. The summed E-state index contributed by atoms with van der Waals surface area (Å²) < 4.78 is 16.0. The van der Waals surface area contributed by atoms with Crippen LogP contribution in [0.5, 0.6) is 5.75 Å². The van der Waals surface area contributed by atoms with E-state index in [1.165, 1.54) is 0 Å². The predicted molar refractivity (Wildman–Crippen MR) is 101 cm³/mol. The third-order valence-electron chi connectivity index (χ3n) is 3.84. The van der Waals surface area contributed by atoms with Crippen molar-refractivity contribution < 1.29 is 18.4 Å². The lowest BCUT2D eigenvalue weighted by Gasteiger charge is -2.19. The highest BCUT2D eigenvalue weighted by Crippen LogP contribution is 2.25. The van der Waals surface area contributed by atoms with Crippen LogP contribution in [0.1, 0.15) is 12.2 Å². The first-order valence-electron chi connectivity index (χ1n) is 8.47. The van der Waals surface area contributed by atoms with E-state index in [0.717, 1.165) is 23.1 Å². The highest BCUT2D eigenvalue weighted by molar-refractivity contribution is 7.99. The minimum Gasteiger partial charge on any atom is -0.497 e. The summed E-state index contributed by atoms with van der Waals surface area (Å²) in [5.74, 6) is 1.75. The Labute approximate surface area is 166 Å². The number of ether oxygens (including phenoxy) is 1. The number of hydrogen-bond acceptors (Lipinski definition) is 8. The minimum atomic E-state index is -0.138. The fourth-order valence-electron chi connectivity index (χ4n) is 2.40. The number of benzene rings is 1. The van der Waals surface area contributed by atoms with Crippen molar-refractivity contribution in [2.45, 2.75) is 18.2 Å². The molecule has 8 nitrogen and oxygen atoms in total. The van der Waals surface area contributed by atoms with E-state index in [0.29, 0.717) is 30.0 Å². The Hall–Kier alpha value is -3.25. The molecule has 144 valence electrons. The molecular weight excluding hydrogens is 380 g/mol. The van der Waals surface area contributed by atoms with Gasteiger partial charge in [0.05, 0.1) is 38.2 Å². The van der Waals surface area contributed by atoms with E-state index in [1.54, 1.807) is 42.5 Å². The Bertz CT molecular complexity index is 932. The van der Waals surface area contributed by atoms with Crippen molar-refractivity contribution in [2.75, 3.05) is 19.4 Å². The second kappa shape index (κ2) is 9.62. The fourth-order valence-corrected chi connectivity index (χ4v) is 3.07. The van der Waals surface area contributed by atoms with Crippen LogP contribution in [0.2, 0.25) is 0 Å². The second-order valence-electron chi connectivity index (χ2n) is 5.69. The van der Waals surface area contributed by atoms with Gasteiger partial charge in [-0.25, -0.2) is 0 Å². The van der Waals surface area contributed by atoms with E-state index in [2.05, 4.69) is 16.3 Å². The molecule has 0 radical (unpaired) electrons. The molecule has 0 fully saturated rings. The van der Waals surface area contributed by atoms with Crippen molar-refractivity contribution >= 4 is 17.7 Å². The molecule has 0 N–H and O–H groups in total. The molecule has 0 bridgehead atoms. The van der Waals surface area contributed by atoms with E-state index in [1.807, 2.05) is 12.1 Å². The SMILES string of the molecule is COc1ccc(-c2nnc(SCC(=O)N(CCC#N)Cc3ccco3)o2)cc1. The normalized spacial score (nSPS) is 10.4. The third kappa shape index (κ3) is 5.14. The van der Waals surface area contributed by atoms with Crippen LogP contribution in [0, 0.1) is 11.3 Å². The summed E-state index contributed by atoms with van der Waals surface area (Å²) in [7, 11) is 1.60. The lowest BCUT2D eigenvalue weighted by atomic mass is 10.2. The smallest absolute Gasteiger partial charge is 0.277 e. The van der Waals surface area contributed by atoms with Crippen LogP contribution in [0.4, 0.5) is 0 Å². The Morgan fingerprint density at radius 1 is 1.29 bits per heavy atom. The molecule has 0 spiro atoms. The summed E-state index contributed by atoms with van der Waals surface area (Å²) in [6, 6.07) is 12.8. The Balaban J connectivity index is 1.59. The molecule has 28 heavy (non-hydrogen) atoms. The van der Waals surface area contributed by atoms with Gasteiger partial charge in [-0.2, -0.15) is 5.26 Å². The molecule has 9 heteroatoms. The highest BCUT2D eigenvalue weighted by atomic mass is 32.2. The highest BCUT2D eigenvalue weighted by Gasteiger charge is 2.17. The number of carbonyl (C=O) groups is 1. The van der Waals surface area contributed by atoms with Crippen LogP contribution in [0.3, 0.4) is 0 Å². The van der Waals surface area contributed by atoms with Gasteiger partial charge in [-0.1, -0.05) is 11.8 Å². The molecule has 3 rings (SSSR count). The van der Waals surface area contributed by atoms with Gasteiger partial charge < -0.3 is 18.5 Å². The average Bonchev–Trinajstić information content (AvgIpc) is 3.41. The molecule has 0 aliphatic rings. The van der Waals surface area contributed by atoms with Crippen LogP contribution in [-0.4, -0.2) is 40.4 Å². The van der Waals surface area contributed by atoms with Crippen LogP contribution in [-0.2, 0) is 11.3 Å². The third-order valence-corrected chi connectivity index (χ3v) is 4.64. The molecule has 0 aliphatic carbocycles. The first-order chi connectivity index (χ1) is 13.7. The van der Waals surface area contributed by atoms with Crippen molar-refractivity contribution in [3.8, 4) is 23.3 Å². The van der Waals surface area contributed by atoms with Gasteiger partial charge in [-0.3, -0.25) is 4.79 Å². The van der Waals surface area contributed by atoms with E-state index in [-0.39, 0.29) is 18.1 Å². The number of nitrogens with zero attached hydrogens (tertiary/aromatic N) is 4. The first kappa shape index (κ1) is 19.5. The molecule has 1 aromatic carbocycles. The van der Waals surface area contributed by atoms with E-state index >= 15 is 0 Å². The minimum absolute atomic E-state index is 0.121. The van der Waals surface area contributed by atoms with Crippen LogP contribution in [0.25, 0.3) is 11.5 Å². The number of rotatable bonds is 9. The van der Waals surface area contributed by atoms with Gasteiger partial charge >= 0.3 is 0 Å². The van der Waals surface area contributed by atoms with Crippen LogP contribution < -0.4 is 4.74 Å². The number of carbonyl (C=O) groups excluding carboxylic acids is 1. The van der Waals surface area contributed by atoms with Crippen LogP contribution >= 0.6 is 11.8 Å². The Morgan fingerprint density at radius 3 is 2.79 bits per heavy atom. The van der Waals surface area contributed by atoms with E-state index < -0.39 is 0 Å². The first-order valence-corrected chi connectivity index (χ1v) is 9.46. The zero-order chi connectivity index (χ0) is 19.8. The zero-order valence-corrected chi connectivity index (χ0v) is 16.0. The maximum absolute atomic E-state index is 12.5. The van der Waals surface area contributed by atoms with Gasteiger partial charge in [0.2, 0.25) is 11.8 Å². The Morgan fingerprint density at radius 2 is 2.11 bits per heavy atom. The van der Waals surface area contributed by atoms with Crippen molar-refractivity contribution in [1.29, 1.82) is 5.26 Å². The molecule has 2 heterocycles. The van der Waals surface area contributed by atoms with E-state index in [9.17, 15) is 4.79 Å². The largest absolute Gasteiger partial charge is 0.497 e. The van der Waals surface area contributed by atoms with Crippen LogP contribution in [0.15, 0.2) is 56.7 Å². The summed E-state index contributed by atoms with van der Waals surface area (Å²) in [6.45, 7) is 0.645. The van der Waals surface area contributed by atoms with Gasteiger partial charge in [0, 0.05) is 12.1 Å². The van der Waals surface area contributed by atoms with Crippen molar-refractivity contribution in [3.63, 3.8) is 0 Å². The van der Waals surface area contributed by atoms with Gasteiger partial charge in [0.25, 0.3) is 5.22 Å². The lowest BCUT2D eigenvalue weighted by Crippen LogP contribution is -2.32. The number of hydrogen-bond donors (Lipinski definition) is 0.